The van der Waals surface area contributed by atoms with Crippen LogP contribution in [0.15, 0.2) is 91.4 Å². The Labute approximate surface area is 217 Å². The second kappa shape index (κ2) is 10.1. The highest BCUT2D eigenvalue weighted by Gasteiger charge is 2.42. The summed E-state index contributed by atoms with van der Waals surface area (Å²) in [6.07, 6.45) is 10.9. The van der Waals surface area contributed by atoms with E-state index in [4.69, 9.17) is 17.0 Å². The third-order valence-corrected chi connectivity index (χ3v) is 7.36. The monoisotopic (exact) mass is 495 g/mol. The van der Waals surface area contributed by atoms with Gasteiger partial charge in [-0.15, -0.1) is 0 Å². The number of thiocarbonyl (C=S) groups is 1. The van der Waals surface area contributed by atoms with Crippen molar-refractivity contribution in [3.05, 3.63) is 108 Å². The number of rotatable bonds is 7. The highest BCUT2D eigenvalue weighted by molar-refractivity contribution is 7.80. The van der Waals surface area contributed by atoms with Crippen LogP contribution in [0.5, 0.6) is 5.75 Å². The molecule has 1 N–H and O–H groups in total. The molecule has 6 nitrogen and oxygen atoms in total. The molecule has 182 valence electrons. The van der Waals surface area contributed by atoms with Crippen molar-refractivity contribution in [2.45, 2.75) is 50.4 Å². The van der Waals surface area contributed by atoms with Crippen molar-refractivity contribution in [1.82, 2.24) is 19.9 Å². The standard InChI is InChI=1S/C29H29N5OS/c36-29-32-27(25-11-4-6-18-31-25)28(26-12-7-19-33(26)20-21-8-3-5-17-30-21)34(29)22-13-15-24(16-14-22)35-23-9-1-2-10-23/h3-8,11-19,23,27-28H,1-2,9-10,20H2,(H,32,36). The molecule has 2 aliphatic rings. The average molecular weight is 496 g/mol. The smallest absolute Gasteiger partial charge is 0.174 e. The number of aromatic nitrogens is 3. The van der Waals surface area contributed by atoms with E-state index in [-0.39, 0.29) is 12.1 Å². The van der Waals surface area contributed by atoms with Gasteiger partial charge in [0.05, 0.1) is 30.1 Å². The SMILES string of the molecule is S=C1NC(c2ccccn2)C(c2cccn2Cc2ccccn2)N1c1ccc(OC2CCCC2)cc1. The number of nitrogens with zero attached hydrogens (tertiary/aromatic N) is 4. The van der Waals surface area contributed by atoms with E-state index in [2.05, 4.69) is 79.5 Å². The van der Waals surface area contributed by atoms with E-state index in [0.29, 0.717) is 17.8 Å². The highest BCUT2D eigenvalue weighted by atomic mass is 32.1. The lowest BCUT2D eigenvalue weighted by Crippen LogP contribution is -2.30. The van der Waals surface area contributed by atoms with Crippen LogP contribution in [0, 0.1) is 0 Å². The lowest BCUT2D eigenvalue weighted by atomic mass is 10.0. The van der Waals surface area contributed by atoms with Gasteiger partial charge in [-0.3, -0.25) is 9.97 Å². The van der Waals surface area contributed by atoms with Gasteiger partial charge in [0.25, 0.3) is 0 Å². The molecule has 0 amide bonds. The Morgan fingerprint density at radius 2 is 1.67 bits per heavy atom. The fourth-order valence-electron chi connectivity index (χ4n) is 5.32. The van der Waals surface area contributed by atoms with E-state index in [1.165, 1.54) is 12.8 Å². The van der Waals surface area contributed by atoms with Gasteiger partial charge >= 0.3 is 0 Å². The lowest BCUT2D eigenvalue weighted by molar-refractivity contribution is 0.210. The first-order chi connectivity index (χ1) is 17.8. The number of anilines is 1. The van der Waals surface area contributed by atoms with Crippen molar-refractivity contribution < 1.29 is 4.74 Å². The van der Waals surface area contributed by atoms with Crippen molar-refractivity contribution >= 4 is 23.0 Å². The molecule has 4 heterocycles. The maximum atomic E-state index is 6.21. The van der Waals surface area contributed by atoms with Gasteiger partial charge in [0.15, 0.2) is 5.11 Å². The minimum absolute atomic E-state index is 0.0762. The maximum absolute atomic E-state index is 6.21. The molecule has 7 heteroatoms. The van der Waals surface area contributed by atoms with Crippen molar-refractivity contribution in [2.75, 3.05) is 4.90 Å². The summed E-state index contributed by atoms with van der Waals surface area (Å²) < 4.78 is 8.46. The molecular weight excluding hydrogens is 466 g/mol. The van der Waals surface area contributed by atoms with Gasteiger partial charge in [0, 0.05) is 30.0 Å². The lowest BCUT2D eigenvalue weighted by Gasteiger charge is -2.29. The molecule has 0 spiro atoms. The predicted octanol–water partition coefficient (Wildman–Crippen LogP) is 5.82. The van der Waals surface area contributed by atoms with E-state index in [9.17, 15) is 0 Å². The van der Waals surface area contributed by atoms with Crippen LogP contribution < -0.4 is 15.0 Å². The summed E-state index contributed by atoms with van der Waals surface area (Å²) >= 11 is 5.91. The van der Waals surface area contributed by atoms with Crippen LogP contribution in [0.1, 0.15) is 54.8 Å². The first kappa shape index (κ1) is 22.7. The number of hydrogen-bond acceptors (Lipinski definition) is 4. The summed E-state index contributed by atoms with van der Waals surface area (Å²) in [6.45, 7) is 0.684. The first-order valence-corrected chi connectivity index (χ1v) is 13.0. The molecular formula is C29H29N5OS. The molecule has 1 aromatic carbocycles. The molecule has 1 saturated heterocycles. The quantitative estimate of drug-likeness (QED) is 0.326. The topological polar surface area (TPSA) is 55.2 Å². The van der Waals surface area contributed by atoms with Crippen LogP contribution in [0.4, 0.5) is 5.69 Å². The third kappa shape index (κ3) is 4.58. The van der Waals surface area contributed by atoms with Crippen LogP contribution in [-0.4, -0.2) is 25.8 Å². The van der Waals surface area contributed by atoms with Gasteiger partial charge in [-0.1, -0.05) is 12.1 Å². The molecule has 36 heavy (non-hydrogen) atoms. The van der Waals surface area contributed by atoms with Gasteiger partial charge in [-0.25, -0.2) is 0 Å². The number of pyridine rings is 2. The third-order valence-electron chi connectivity index (χ3n) is 7.04. The van der Waals surface area contributed by atoms with Crippen LogP contribution in [0.3, 0.4) is 0 Å². The molecule has 3 aromatic heterocycles. The molecule has 2 unspecified atom stereocenters. The summed E-state index contributed by atoms with van der Waals surface area (Å²) in [5, 5.41) is 4.24. The van der Waals surface area contributed by atoms with E-state index >= 15 is 0 Å². The largest absolute Gasteiger partial charge is 0.490 e. The molecule has 1 aliphatic heterocycles. The molecule has 0 radical (unpaired) electrons. The summed E-state index contributed by atoms with van der Waals surface area (Å²) in [6, 6.07) is 24.5. The van der Waals surface area contributed by atoms with Gasteiger partial charge in [0.1, 0.15) is 11.8 Å². The number of benzene rings is 1. The molecule has 4 aromatic rings. The van der Waals surface area contributed by atoms with E-state index in [0.717, 1.165) is 41.4 Å². The first-order valence-electron chi connectivity index (χ1n) is 12.6. The average Bonchev–Trinajstić information content (AvgIpc) is 3.66. The highest BCUT2D eigenvalue weighted by Crippen LogP contribution is 2.42. The minimum atomic E-state index is -0.0921. The number of hydrogen-bond donors (Lipinski definition) is 1. The van der Waals surface area contributed by atoms with E-state index < -0.39 is 0 Å². The zero-order valence-electron chi connectivity index (χ0n) is 20.0. The second-order valence-corrected chi connectivity index (χ2v) is 9.78. The summed E-state index contributed by atoms with van der Waals surface area (Å²) in [4.78, 5) is 11.4. The predicted molar refractivity (Wildman–Crippen MR) is 145 cm³/mol. The zero-order valence-corrected chi connectivity index (χ0v) is 20.8. The van der Waals surface area contributed by atoms with Crippen molar-refractivity contribution in [1.29, 1.82) is 0 Å². The van der Waals surface area contributed by atoms with Crippen molar-refractivity contribution in [3.8, 4) is 5.75 Å². The minimum Gasteiger partial charge on any atom is -0.490 e. The van der Waals surface area contributed by atoms with Crippen LogP contribution in [0.25, 0.3) is 0 Å². The van der Waals surface area contributed by atoms with Crippen LogP contribution in [0.2, 0.25) is 0 Å². The Hall–Kier alpha value is -3.71. The van der Waals surface area contributed by atoms with Gasteiger partial charge in [0.2, 0.25) is 0 Å². The fraction of sp³-hybridized carbons (Fsp3) is 0.276. The second-order valence-electron chi connectivity index (χ2n) is 9.40. The fourth-order valence-corrected chi connectivity index (χ4v) is 5.67. The number of nitrogens with one attached hydrogen (secondary N) is 1. The Morgan fingerprint density at radius 3 is 2.39 bits per heavy atom. The molecule has 2 fully saturated rings. The molecule has 1 saturated carbocycles. The number of ether oxygens (including phenoxy) is 1. The van der Waals surface area contributed by atoms with Crippen molar-refractivity contribution in [2.24, 2.45) is 0 Å². The van der Waals surface area contributed by atoms with E-state index in [1.807, 2.05) is 36.7 Å². The Kier molecular flexibility index (Phi) is 6.38. The summed E-state index contributed by atoms with van der Waals surface area (Å²) in [5.74, 6) is 0.917. The van der Waals surface area contributed by atoms with Crippen molar-refractivity contribution in [3.63, 3.8) is 0 Å². The van der Waals surface area contributed by atoms with Crippen LogP contribution >= 0.6 is 12.2 Å². The zero-order chi connectivity index (χ0) is 24.3. The summed E-state index contributed by atoms with van der Waals surface area (Å²) in [5.41, 5.74) is 4.15. The Morgan fingerprint density at radius 1 is 0.889 bits per heavy atom. The summed E-state index contributed by atoms with van der Waals surface area (Å²) in [7, 11) is 0. The van der Waals surface area contributed by atoms with Crippen LogP contribution in [-0.2, 0) is 6.54 Å². The molecule has 1 aliphatic carbocycles. The molecule has 6 rings (SSSR count). The van der Waals surface area contributed by atoms with Gasteiger partial charge < -0.3 is 19.5 Å². The molecule has 2 atom stereocenters. The normalized spacial score (nSPS) is 20.0. The van der Waals surface area contributed by atoms with Gasteiger partial charge in [-0.2, -0.15) is 0 Å². The Bertz CT molecular complexity index is 1300. The Balaban J connectivity index is 1.35. The van der Waals surface area contributed by atoms with E-state index in [1.54, 1.807) is 0 Å². The maximum Gasteiger partial charge on any atom is 0.174 e. The van der Waals surface area contributed by atoms with Gasteiger partial charge in [-0.05, 0) is 98.6 Å². The molecule has 0 bridgehead atoms.